The highest BCUT2D eigenvalue weighted by atomic mass is 28.4. The molecule has 0 aromatic heterocycles. The van der Waals surface area contributed by atoms with Gasteiger partial charge in [0.2, 0.25) is 5.91 Å². The lowest BCUT2D eigenvalue weighted by atomic mass is 9.97. The largest absolute Gasteiger partial charge is 0.410 e. The molecule has 154 valence electrons. The third kappa shape index (κ3) is 8.32. The first kappa shape index (κ1) is 24.0. The van der Waals surface area contributed by atoms with E-state index in [1.54, 1.807) is 0 Å². The smallest absolute Gasteiger partial charge is 0.217 e. The standard InChI is InChI=1S/C17H39NO5Si3/c1-12-15(21-24(3,4)5)16(22-25(6,7)8)14(18-13(2)19)17(20-12)23-26(9,10)11/h12,14-17H,1-11H3,(H,18,19)/t12-,14-,15-,16-,17-/m1/s1. The summed E-state index contributed by atoms with van der Waals surface area (Å²) < 4.78 is 25.5. The number of ether oxygens (including phenoxy) is 1. The monoisotopic (exact) mass is 421 g/mol. The molecule has 1 fully saturated rings. The molecule has 0 saturated carbocycles. The van der Waals surface area contributed by atoms with Crippen LogP contribution in [0.2, 0.25) is 58.9 Å². The van der Waals surface area contributed by atoms with Crippen LogP contribution in [0.5, 0.6) is 0 Å². The summed E-state index contributed by atoms with van der Waals surface area (Å²) in [4.78, 5) is 11.9. The summed E-state index contributed by atoms with van der Waals surface area (Å²) in [5.41, 5.74) is 0. The molecule has 26 heavy (non-hydrogen) atoms. The van der Waals surface area contributed by atoms with E-state index in [0.29, 0.717) is 0 Å². The molecule has 0 unspecified atom stereocenters. The zero-order valence-corrected chi connectivity index (χ0v) is 21.4. The van der Waals surface area contributed by atoms with Crippen molar-refractivity contribution >= 4 is 30.9 Å². The fourth-order valence-electron chi connectivity index (χ4n) is 2.95. The minimum Gasteiger partial charge on any atom is -0.410 e. The van der Waals surface area contributed by atoms with Crippen LogP contribution in [0.4, 0.5) is 0 Å². The molecular weight excluding hydrogens is 382 g/mol. The highest BCUT2D eigenvalue weighted by Gasteiger charge is 2.50. The predicted molar refractivity (Wildman–Crippen MR) is 113 cm³/mol. The summed E-state index contributed by atoms with van der Waals surface area (Å²) in [7, 11) is -5.60. The van der Waals surface area contributed by atoms with Gasteiger partial charge < -0.3 is 23.3 Å². The second-order valence-corrected chi connectivity index (χ2v) is 23.4. The Hall–Kier alpha value is -0.0394. The van der Waals surface area contributed by atoms with E-state index in [2.05, 4.69) is 64.2 Å². The minimum absolute atomic E-state index is 0.117. The summed E-state index contributed by atoms with van der Waals surface area (Å²) in [6.07, 6.45) is -1.22. The van der Waals surface area contributed by atoms with E-state index in [1.807, 2.05) is 6.92 Å². The lowest BCUT2D eigenvalue weighted by Crippen LogP contribution is -2.68. The molecule has 1 aliphatic rings. The van der Waals surface area contributed by atoms with Crippen molar-refractivity contribution in [1.29, 1.82) is 0 Å². The Bertz CT molecular complexity index is 484. The highest BCUT2D eigenvalue weighted by molar-refractivity contribution is 6.70. The molecule has 0 aromatic carbocycles. The summed E-state index contributed by atoms with van der Waals surface area (Å²) in [6, 6.07) is -0.386. The Kier molecular flexibility index (Phi) is 7.88. The first-order valence-corrected chi connectivity index (χ1v) is 19.7. The molecule has 0 radical (unpaired) electrons. The van der Waals surface area contributed by atoms with Crippen LogP contribution in [0.3, 0.4) is 0 Å². The maximum Gasteiger partial charge on any atom is 0.217 e. The molecule has 1 saturated heterocycles. The van der Waals surface area contributed by atoms with Gasteiger partial charge >= 0.3 is 0 Å². The van der Waals surface area contributed by atoms with Gasteiger partial charge in [-0.15, -0.1) is 0 Å². The van der Waals surface area contributed by atoms with E-state index in [9.17, 15) is 4.79 Å². The first-order chi connectivity index (χ1) is 11.5. The predicted octanol–water partition coefficient (Wildman–Crippen LogP) is 3.53. The van der Waals surface area contributed by atoms with E-state index in [0.717, 1.165) is 0 Å². The molecule has 5 atom stereocenters. The highest BCUT2D eigenvalue weighted by Crippen LogP contribution is 2.31. The lowest BCUT2D eigenvalue weighted by molar-refractivity contribution is -0.228. The third-order valence-corrected chi connectivity index (χ3v) is 6.50. The van der Waals surface area contributed by atoms with Crippen molar-refractivity contribution in [1.82, 2.24) is 5.32 Å². The van der Waals surface area contributed by atoms with Gasteiger partial charge in [0.15, 0.2) is 31.2 Å². The molecule has 0 spiro atoms. The summed E-state index contributed by atoms with van der Waals surface area (Å²) >= 11 is 0. The van der Waals surface area contributed by atoms with E-state index < -0.39 is 31.2 Å². The van der Waals surface area contributed by atoms with E-state index in [4.69, 9.17) is 18.0 Å². The number of carbonyl (C=O) groups is 1. The van der Waals surface area contributed by atoms with Crippen LogP contribution >= 0.6 is 0 Å². The van der Waals surface area contributed by atoms with Crippen LogP contribution in [0.15, 0.2) is 0 Å². The fourth-order valence-corrected chi connectivity index (χ4v) is 6.09. The zero-order valence-electron chi connectivity index (χ0n) is 18.4. The molecule has 0 bridgehead atoms. The molecule has 1 N–H and O–H groups in total. The normalized spacial score (nSPS) is 31.0. The van der Waals surface area contributed by atoms with Crippen molar-refractivity contribution in [3.63, 3.8) is 0 Å². The van der Waals surface area contributed by atoms with Gasteiger partial charge in [-0.1, -0.05) is 0 Å². The number of amides is 1. The van der Waals surface area contributed by atoms with Crippen LogP contribution in [0.25, 0.3) is 0 Å². The van der Waals surface area contributed by atoms with Crippen LogP contribution < -0.4 is 5.32 Å². The van der Waals surface area contributed by atoms with Crippen molar-refractivity contribution in [2.24, 2.45) is 0 Å². The van der Waals surface area contributed by atoms with Gasteiger partial charge in [0.25, 0.3) is 0 Å². The van der Waals surface area contributed by atoms with Crippen molar-refractivity contribution in [2.75, 3.05) is 0 Å². The maximum atomic E-state index is 11.9. The SMILES string of the molecule is CC(=O)N[C@H]1[C@@H](O[Si](C)(C)C)O[C@H](C)[C@@H](O[Si](C)(C)C)[C@@H]1O[Si](C)(C)C. The maximum absolute atomic E-state index is 11.9. The molecule has 9 heteroatoms. The Morgan fingerprint density at radius 2 is 1.23 bits per heavy atom. The Morgan fingerprint density at radius 1 is 0.808 bits per heavy atom. The number of carbonyl (C=O) groups excluding carboxylic acids is 1. The number of hydrogen-bond donors (Lipinski definition) is 1. The lowest BCUT2D eigenvalue weighted by Gasteiger charge is -2.50. The van der Waals surface area contributed by atoms with Crippen molar-refractivity contribution < 1.29 is 22.8 Å². The average molecular weight is 422 g/mol. The molecular formula is C17H39NO5Si3. The average Bonchev–Trinajstić information content (AvgIpc) is 2.33. The quantitative estimate of drug-likeness (QED) is 0.637. The van der Waals surface area contributed by atoms with Crippen molar-refractivity contribution in [3.05, 3.63) is 0 Å². The Morgan fingerprint density at radius 3 is 1.62 bits per heavy atom. The van der Waals surface area contributed by atoms with Crippen molar-refractivity contribution in [3.8, 4) is 0 Å². The minimum atomic E-state index is -1.89. The van der Waals surface area contributed by atoms with Crippen LogP contribution in [0, 0.1) is 0 Å². The van der Waals surface area contributed by atoms with Gasteiger partial charge in [-0.2, -0.15) is 0 Å². The van der Waals surface area contributed by atoms with Gasteiger partial charge in [-0.25, -0.2) is 0 Å². The van der Waals surface area contributed by atoms with E-state index in [-0.39, 0.29) is 30.3 Å². The second-order valence-electron chi connectivity index (χ2n) is 10.1. The number of nitrogens with one attached hydrogen (secondary N) is 1. The van der Waals surface area contributed by atoms with Gasteiger partial charge in [-0.05, 0) is 65.8 Å². The molecule has 1 heterocycles. The van der Waals surface area contributed by atoms with E-state index >= 15 is 0 Å². The Balaban J connectivity index is 3.27. The van der Waals surface area contributed by atoms with Crippen LogP contribution in [-0.2, 0) is 22.8 Å². The van der Waals surface area contributed by atoms with E-state index in [1.165, 1.54) is 6.92 Å². The fraction of sp³-hybridized carbons (Fsp3) is 0.941. The number of hydrogen-bond acceptors (Lipinski definition) is 5. The first-order valence-electron chi connectivity index (χ1n) is 9.44. The van der Waals surface area contributed by atoms with Crippen LogP contribution in [0.1, 0.15) is 13.8 Å². The van der Waals surface area contributed by atoms with Gasteiger partial charge in [0.1, 0.15) is 6.04 Å². The molecule has 0 aromatic rings. The summed E-state index contributed by atoms with van der Waals surface area (Å²) in [6.45, 7) is 22.8. The van der Waals surface area contributed by atoms with Gasteiger partial charge in [0.05, 0.1) is 18.3 Å². The van der Waals surface area contributed by atoms with Gasteiger partial charge in [0, 0.05) is 6.92 Å². The van der Waals surface area contributed by atoms with Gasteiger partial charge in [-0.3, -0.25) is 4.79 Å². The number of rotatable bonds is 7. The zero-order chi connectivity index (χ0) is 20.5. The Labute approximate surface area is 162 Å². The summed E-state index contributed by atoms with van der Waals surface area (Å²) in [5.74, 6) is -0.117. The molecule has 1 aliphatic heterocycles. The van der Waals surface area contributed by atoms with Crippen LogP contribution in [-0.4, -0.2) is 61.5 Å². The second kappa shape index (κ2) is 8.54. The topological polar surface area (TPSA) is 66.0 Å². The van der Waals surface area contributed by atoms with Crippen molar-refractivity contribution in [2.45, 2.75) is 103 Å². The third-order valence-electron chi connectivity index (χ3n) is 3.60. The molecule has 1 rings (SSSR count). The molecule has 0 aliphatic carbocycles. The molecule has 6 nitrogen and oxygen atoms in total. The molecule has 1 amide bonds. The summed E-state index contributed by atoms with van der Waals surface area (Å²) in [5, 5.41) is 3.03.